The lowest BCUT2D eigenvalue weighted by Gasteiger charge is -2.25. The molecule has 1 amide bonds. The molecule has 3 heterocycles. The van der Waals surface area contributed by atoms with Gasteiger partial charge in [0.1, 0.15) is 5.82 Å². The van der Waals surface area contributed by atoms with Crippen molar-refractivity contribution in [2.45, 2.75) is 0 Å². The Balaban J connectivity index is 1.82. The number of nitrogens with two attached hydrogens (primary N) is 1. The molecular weight excluding hydrogens is 274 g/mol. The first-order chi connectivity index (χ1) is 9.75. The van der Waals surface area contributed by atoms with Gasteiger partial charge < -0.3 is 15.4 Å². The van der Waals surface area contributed by atoms with E-state index in [0.29, 0.717) is 32.1 Å². The Morgan fingerprint density at radius 3 is 3.05 bits per heavy atom. The van der Waals surface area contributed by atoms with E-state index >= 15 is 0 Å². The Morgan fingerprint density at radius 2 is 2.25 bits per heavy atom. The standard InChI is InChI=1S/C14H15N3O2S/c15-14-11-3-8-20-13(11)10(9-16-14)1-2-12(18)17-4-6-19-7-5-17/h1-3,8-9H,4-7H2,(H2,15,16)/b2-1+. The minimum atomic E-state index is 0.00910. The number of thiophene rings is 1. The lowest BCUT2D eigenvalue weighted by Crippen LogP contribution is -2.39. The van der Waals surface area contributed by atoms with Gasteiger partial charge in [-0.05, 0) is 17.5 Å². The Morgan fingerprint density at radius 1 is 1.45 bits per heavy atom. The number of morpholine rings is 1. The van der Waals surface area contributed by atoms with Gasteiger partial charge in [-0.1, -0.05) is 0 Å². The van der Waals surface area contributed by atoms with Crippen molar-refractivity contribution in [2.24, 2.45) is 0 Å². The second-order valence-electron chi connectivity index (χ2n) is 4.53. The van der Waals surface area contributed by atoms with Gasteiger partial charge in [0.05, 0.1) is 13.2 Å². The molecule has 0 saturated carbocycles. The van der Waals surface area contributed by atoms with Crippen LogP contribution in [0.15, 0.2) is 23.7 Å². The highest BCUT2D eigenvalue weighted by Gasteiger charge is 2.14. The number of carbonyl (C=O) groups excluding carboxylic acids is 1. The molecule has 2 aromatic heterocycles. The molecule has 0 bridgehead atoms. The number of nitrogens with zero attached hydrogens (tertiary/aromatic N) is 2. The van der Waals surface area contributed by atoms with E-state index in [9.17, 15) is 4.79 Å². The maximum Gasteiger partial charge on any atom is 0.246 e. The molecule has 0 aliphatic carbocycles. The van der Waals surface area contributed by atoms with Gasteiger partial charge in [0.15, 0.2) is 0 Å². The number of amides is 1. The van der Waals surface area contributed by atoms with Crippen molar-refractivity contribution >= 4 is 39.2 Å². The molecule has 5 nitrogen and oxygen atoms in total. The average Bonchev–Trinajstić information content (AvgIpc) is 2.98. The minimum Gasteiger partial charge on any atom is -0.383 e. The SMILES string of the molecule is Nc1ncc(/C=C/C(=O)N2CCOCC2)c2sccc12. The van der Waals surface area contributed by atoms with Crippen LogP contribution in [-0.2, 0) is 9.53 Å². The molecule has 0 spiro atoms. The molecule has 3 rings (SSSR count). The molecule has 20 heavy (non-hydrogen) atoms. The molecule has 1 fully saturated rings. The number of aromatic nitrogens is 1. The summed E-state index contributed by atoms with van der Waals surface area (Å²) < 4.78 is 6.29. The number of fused-ring (bicyclic) bond motifs is 1. The van der Waals surface area contributed by atoms with E-state index in [2.05, 4.69) is 4.98 Å². The Kier molecular flexibility index (Phi) is 3.66. The molecule has 1 aliphatic heterocycles. The summed E-state index contributed by atoms with van der Waals surface area (Å²) in [6.07, 6.45) is 5.11. The molecule has 0 aromatic carbocycles. The smallest absolute Gasteiger partial charge is 0.246 e. The predicted molar refractivity (Wildman–Crippen MR) is 80.5 cm³/mol. The molecule has 0 atom stereocenters. The largest absolute Gasteiger partial charge is 0.383 e. The van der Waals surface area contributed by atoms with E-state index in [1.807, 2.05) is 17.5 Å². The van der Waals surface area contributed by atoms with Crippen LogP contribution in [0.25, 0.3) is 16.2 Å². The van der Waals surface area contributed by atoms with Crippen LogP contribution >= 0.6 is 11.3 Å². The van der Waals surface area contributed by atoms with Crippen molar-refractivity contribution in [1.29, 1.82) is 0 Å². The zero-order valence-corrected chi connectivity index (χ0v) is 11.7. The molecule has 104 valence electrons. The van der Waals surface area contributed by atoms with Crippen LogP contribution in [-0.4, -0.2) is 42.1 Å². The fourth-order valence-electron chi connectivity index (χ4n) is 2.17. The number of hydrogen-bond acceptors (Lipinski definition) is 5. The van der Waals surface area contributed by atoms with Crippen LogP contribution in [0.1, 0.15) is 5.56 Å². The van der Waals surface area contributed by atoms with Crippen LogP contribution < -0.4 is 5.73 Å². The molecule has 6 heteroatoms. The quantitative estimate of drug-likeness (QED) is 0.855. The first-order valence-electron chi connectivity index (χ1n) is 6.42. The second kappa shape index (κ2) is 5.60. The van der Waals surface area contributed by atoms with E-state index in [0.717, 1.165) is 15.6 Å². The zero-order chi connectivity index (χ0) is 13.9. The van der Waals surface area contributed by atoms with Crippen molar-refractivity contribution in [3.63, 3.8) is 0 Å². The fourth-order valence-corrected chi connectivity index (χ4v) is 3.07. The molecule has 0 unspecified atom stereocenters. The fraction of sp³-hybridized carbons (Fsp3) is 0.286. The first-order valence-corrected chi connectivity index (χ1v) is 7.30. The number of anilines is 1. The highest BCUT2D eigenvalue weighted by Crippen LogP contribution is 2.28. The third-order valence-electron chi connectivity index (χ3n) is 3.27. The van der Waals surface area contributed by atoms with Gasteiger partial charge in [-0.2, -0.15) is 0 Å². The van der Waals surface area contributed by atoms with E-state index in [1.165, 1.54) is 0 Å². The molecule has 0 radical (unpaired) electrons. The summed E-state index contributed by atoms with van der Waals surface area (Å²) in [4.78, 5) is 18.0. The zero-order valence-electron chi connectivity index (χ0n) is 10.9. The minimum absolute atomic E-state index is 0.00910. The lowest BCUT2D eigenvalue weighted by molar-refractivity contribution is -0.129. The van der Waals surface area contributed by atoms with E-state index in [-0.39, 0.29) is 5.91 Å². The monoisotopic (exact) mass is 289 g/mol. The van der Waals surface area contributed by atoms with Gasteiger partial charge in [-0.15, -0.1) is 11.3 Å². The van der Waals surface area contributed by atoms with Crippen molar-refractivity contribution in [3.8, 4) is 0 Å². The van der Waals surface area contributed by atoms with Crippen molar-refractivity contribution in [1.82, 2.24) is 9.88 Å². The average molecular weight is 289 g/mol. The van der Waals surface area contributed by atoms with E-state index < -0.39 is 0 Å². The third-order valence-corrected chi connectivity index (χ3v) is 4.24. The van der Waals surface area contributed by atoms with Crippen LogP contribution in [0.2, 0.25) is 0 Å². The number of carbonyl (C=O) groups is 1. The predicted octanol–water partition coefficient (Wildman–Crippen LogP) is 1.75. The summed E-state index contributed by atoms with van der Waals surface area (Å²) in [7, 11) is 0. The summed E-state index contributed by atoms with van der Waals surface area (Å²) >= 11 is 1.60. The highest BCUT2D eigenvalue weighted by molar-refractivity contribution is 7.17. The Hall–Kier alpha value is -1.92. The topological polar surface area (TPSA) is 68.5 Å². The van der Waals surface area contributed by atoms with Crippen molar-refractivity contribution in [2.75, 3.05) is 32.0 Å². The van der Waals surface area contributed by atoms with Crippen LogP contribution in [0.5, 0.6) is 0 Å². The van der Waals surface area contributed by atoms with Crippen LogP contribution in [0.3, 0.4) is 0 Å². The van der Waals surface area contributed by atoms with Crippen molar-refractivity contribution in [3.05, 3.63) is 29.3 Å². The second-order valence-corrected chi connectivity index (χ2v) is 5.45. The number of nitrogen functional groups attached to an aromatic ring is 1. The van der Waals surface area contributed by atoms with Crippen LogP contribution in [0, 0.1) is 0 Å². The summed E-state index contributed by atoms with van der Waals surface area (Å²) in [5, 5.41) is 2.92. The van der Waals surface area contributed by atoms with E-state index in [1.54, 1.807) is 28.5 Å². The van der Waals surface area contributed by atoms with Gasteiger partial charge in [0.2, 0.25) is 5.91 Å². The van der Waals surface area contributed by atoms with Crippen LogP contribution in [0.4, 0.5) is 5.82 Å². The molecule has 1 saturated heterocycles. The molecule has 2 N–H and O–H groups in total. The number of hydrogen-bond donors (Lipinski definition) is 1. The maximum atomic E-state index is 12.1. The summed E-state index contributed by atoms with van der Waals surface area (Å²) in [5.41, 5.74) is 6.75. The van der Waals surface area contributed by atoms with Gasteiger partial charge in [0.25, 0.3) is 0 Å². The normalized spacial score (nSPS) is 16.1. The first kappa shape index (κ1) is 13.1. The van der Waals surface area contributed by atoms with Gasteiger partial charge in [-0.25, -0.2) is 4.98 Å². The molecule has 1 aliphatic rings. The van der Waals surface area contributed by atoms with Gasteiger partial charge in [-0.3, -0.25) is 4.79 Å². The summed E-state index contributed by atoms with van der Waals surface area (Å²) in [6.45, 7) is 2.52. The summed E-state index contributed by atoms with van der Waals surface area (Å²) in [6, 6.07) is 1.95. The van der Waals surface area contributed by atoms with Crippen molar-refractivity contribution < 1.29 is 9.53 Å². The molecular formula is C14H15N3O2S. The van der Waals surface area contributed by atoms with Gasteiger partial charge in [0, 0.05) is 41.0 Å². The number of pyridine rings is 1. The molecule has 2 aromatic rings. The summed E-state index contributed by atoms with van der Waals surface area (Å²) in [5.74, 6) is 0.535. The number of ether oxygens (including phenoxy) is 1. The Bertz CT molecular complexity index is 659. The highest BCUT2D eigenvalue weighted by atomic mass is 32.1. The lowest BCUT2D eigenvalue weighted by atomic mass is 10.2. The number of rotatable bonds is 2. The maximum absolute atomic E-state index is 12.1. The Labute approximate surface area is 120 Å². The third kappa shape index (κ3) is 2.52. The van der Waals surface area contributed by atoms with Gasteiger partial charge >= 0.3 is 0 Å². The van der Waals surface area contributed by atoms with E-state index in [4.69, 9.17) is 10.5 Å².